The quantitative estimate of drug-likeness (QED) is 0.844. The lowest BCUT2D eigenvalue weighted by atomic mass is 9.78. The second-order valence-electron chi connectivity index (χ2n) is 6.52. The summed E-state index contributed by atoms with van der Waals surface area (Å²) in [7, 11) is 0. The van der Waals surface area contributed by atoms with Gasteiger partial charge in [0.1, 0.15) is 6.04 Å². The van der Waals surface area contributed by atoms with E-state index in [0.717, 1.165) is 11.4 Å². The van der Waals surface area contributed by atoms with Crippen molar-refractivity contribution in [2.75, 3.05) is 6.54 Å². The first kappa shape index (κ1) is 15.5. The highest BCUT2D eigenvalue weighted by molar-refractivity contribution is 7.10. The van der Waals surface area contributed by atoms with Gasteiger partial charge < -0.3 is 11.1 Å². The molecule has 1 heterocycles. The van der Waals surface area contributed by atoms with E-state index in [0.29, 0.717) is 11.3 Å². The molecule has 1 aromatic heterocycles. The van der Waals surface area contributed by atoms with Crippen LogP contribution in [0.1, 0.15) is 56.9 Å². The lowest BCUT2D eigenvalue weighted by Gasteiger charge is -2.31. The van der Waals surface area contributed by atoms with Crippen LogP contribution >= 0.6 is 11.3 Å². The number of hydrogen-bond acceptors (Lipinski definition) is 3. The first-order valence-electron chi connectivity index (χ1n) is 7.59. The Bertz CT molecular complexity index is 422. The standard InChI is InChI=1S/C16H26N2OS/c1-12(2)10-16(7-3-4-8-16)11-18-15(19)14(17)13-6-5-9-20-13/h5-6,9,12,14H,3-4,7-8,10-11,17H2,1-2H3,(H,18,19). The monoisotopic (exact) mass is 294 g/mol. The molecule has 3 N–H and O–H groups in total. The molecule has 1 aliphatic carbocycles. The molecule has 1 unspecified atom stereocenters. The SMILES string of the molecule is CC(C)CC1(CNC(=O)C(N)c2cccs2)CCCC1. The number of thiophene rings is 1. The van der Waals surface area contributed by atoms with Crippen LogP contribution in [0.3, 0.4) is 0 Å². The zero-order valence-electron chi connectivity index (χ0n) is 12.5. The van der Waals surface area contributed by atoms with Crippen molar-refractivity contribution in [2.24, 2.45) is 17.1 Å². The molecule has 1 fully saturated rings. The van der Waals surface area contributed by atoms with Gasteiger partial charge in [-0.05, 0) is 42.0 Å². The minimum absolute atomic E-state index is 0.0394. The molecule has 1 aromatic rings. The fraction of sp³-hybridized carbons (Fsp3) is 0.688. The molecule has 1 amide bonds. The summed E-state index contributed by atoms with van der Waals surface area (Å²) in [6.45, 7) is 5.31. The van der Waals surface area contributed by atoms with Crippen LogP contribution < -0.4 is 11.1 Å². The topological polar surface area (TPSA) is 55.1 Å². The average molecular weight is 294 g/mol. The van der Waals surface area contributed by atoms with Crippen LogP contribution in [0.5, 0.6) is 0 Å². The molecule has 0 aromatic carbocycles. The van der Waals surface area contributed by atoms with Crippen LogP contribution in [0.25, 0.3) is 0 Å². The molecule has 1 aliphatic rings. The van der Waals surface area contributed by atoms with Crippen molar-refractivity contribution in [2.45, 2.75) is 52.0 Å². The minimum Gasteiger partial charge on any atom is -0.354 e. The molecule has 3 nitrogen and oxygen atoms in total. The lowest BCUT2D eigenvalue weighted by molar-refractivity contribution is -0.123. The largest absolute Gasteiger partial charge is 0.354 e. The Kier molecular flexibility index (Phi) is 5.22. The molecular weight excluding hydrogens is 268 g/mol. The summed E-state index contributed by atoms with van der Waals surface area (Å²) in [6, 6.07) is 3.34. The third-order valence-electron chi connectivity index (χ3n) is 4.28. The summed E-state index contributed by atoms with van der Waals surface area (Å²) in [5, 5.41) is 5.06. The Hall–Kier alpha value is -0.870. The maximum Gasteiger partial charge on any atom is 0.242 e. The highest BCUT2D eigenvalue weighted by Crippen LogP contribution is 2.42. The Labute approximate surface area is 125 Å². The zero-order valence-corrected chi connectivity index (χ0v) is 13.3. The van der Waals surface area contributed by atoms with Crippen molar-refractivity contribution >= 4 is 17.2 Å². The molecule has 20 heavy (non-hydrogen) atoms. The molecule has 1 saturated carbocycles. The van der Waals surface area contributed by atoms with Crippen molar-refractivity contribution in [1.29, 1.82) is 0 Å². The summed E-state index contributed by atoms with van der Waals surface area (Å²) in [5.74, 6) is 0.637. The molecule has 1 atom stereocenters. The van der Waals surface area contributed by atoms with Crippen LogP contribution in [-0.4, -0.2) is 12.5 Å². The normalized spacial score (nSPS) is 19.2. The van der Waals surface area contributed by atoms with Crippen LogP contribution in [0.15, 0.2) is 17.5 Å². The van der Waals surface area contributed by atoms with E-state index in [2.05, 4.69) is 19.2 Å². The Balaban J connectivity index is 1.91. The fourth-order valence-electron chi connectivity index (χ4n) is 3.43. The third-order valence-corrected chi connectivity index (χ3v) is 5.23. The smallest absolute Gasteiger partial charge is 0.242 e. The summed E-state index contributed by atoms with van der Waals surface area (Å²) in [4.78, 5) is 13.1. The maximum absolute atomic E-state index is 12.2. The zero-order chi connectivity index (χ0) is 14.6. The van der Waals surface area contributed by atoms with Gasteiger partial charge in [-0.15, -0.1) is 11.3 Å². The van der Waals surface area contributed by atoms with Crippen molar-refractivity contribution in [3.63, 3.8) is 0 Å². The summed E-state index contributed by atoms with van der Waals surface area (Å²) in [5.41, 5.74) is 6.32. The van der Waals surface area contributed by atoms with Gasteiger partial charge in [-0.25, -0.2) is 0 Å². The van der Waals surface area contributed by atoms with E-state index in [-0.39, 0.29) is 5.91 Å². The van der Waals surface area contributed by atoms with Crippen LogP contribution in [0.4, 0.5) is 0 Å². The predicted octanol–water partition coefficient (Wildman–Crippen LogP) is 3.47. The van der Waals surface area contributed by atoms with Gasteiger partial charge in [0.25, 0.3) is 0 Å². The van der Waals surface area contributed by atoms with Gasteiger partial charge in [-0.3, -0.25) is 4.79 Å². The number of amides is 1. The summed E-state index contributed by atoms with van der Waals surface area (Å²) < 4.78 is 0. The van der Waals surface area contributed by atoms with E-state index < -0.39 is 6.04 Å². The molecule has 0 saturated heterocycles. The van der Waals surface area contributed by atoms with Gasteiger partial charge in [0.2, 0.25) is 5.91 Å². The number of nitrogens with two attached hydrogens (primary N) is 1. The highest BCUT2D eigenvalue weighted by Gasteiger charge is 2.35. The number of rotatable bonds is 6. The second kappa shape index (κ2) is 6.72. The van der Waals surface area contributed by atoms with Crippen molar-refractivity contribution < 1.29 is 4.79 Å². The van der Waals surface area contributed by atoms with Crippen molar-refractivity contribution in [3.8, 4) is 0 Å². The van der Waals surface area contributed by atoms with Crippen LogP contribution in [-0.2, 0) is 4.79 Å². The molecule has 0 bridgehead atoms. The molecule has 4 heteroatoms. The predicted molar refractivity (Wildman–Crippen MR) is 84.6 cm³/mol. The van der Waals surface area contributed by atoms with Gasteiger partial charge in [-0.2, -0.15) is 0 Å². The Morgan fingerprint density at radius 2 is 2.15 bits per heavy atom. The van der Waals surface area contributed by atoms with Crippen LogP contribution in [0, 0.1) is 11.3 Å². The van der Waals surface area contributed by atoms with Gasteiger partial charge in [0.05, 0.1) is 0 Å². The number of hydrogen-bond donors (Lipinski definition) is 2. The van der Waals surface area contributed by atoms with E-state index in [1.807, 2.05) is 17.5 Å². The molecule has 112 valence electrons. The highest BCUT2D eigenvalue weighted by atomic mass is 32.1. The van der Waals surface area contributed by atoms with Crippen LogP contribution in [0.2, 0.25) is 0 Å². The van der Waals surface area contributed by atoms with Gasteiger partial charge >= 0.3 is 0 Å². The molecule has 2 rings (SSSR count). The Morgan fingerprint density at radius 3 is 2.70 bits per heavy atom. The third kappa shape index (κ3) is 3.83. The number of carbonyl (C=O) groups is 1. The Morgan fingerprint density at radius 1 is 1.45 bits per heavy atom. The maximum atomic E-state index is 12.2. The fourth-order valence-corrected chi connectivity index (χ4v) is 4.15. The van der Waals surface area contributed by atoms with Crippen molar-refractivity contribution in [1.82, 2.24) is 5.32 Å². The molecular formula is C16H26N2OS. The molecule has 0 aliphatic heterocycles. The minimum atomic E-state index is -0.521. The average Bonchev–Trinajstić information content (AvgIpc) is 3.06. The van der Waals surface area contributed by atoms with E-state index >= 15 is 0 Å². The van der Waals surface area contributed by atoms with Gasteiger partial charge in [0, 0.05) is 11.4 Å². The van der Waals surface area contributed by atoms with E-state index in [4.69, 9.17) is 5.73 Å². The first-order chi connectivity index (χ1) is 9.52. The van der Waals surface area contributed by atoms with Crippen molar-refractivity contribution in [3.05, 3.63) is 22.4 Å². The summed E-state index contributed by atoms with van der Waals surface area (Å²) in [6.07, 6.45) is 6.25. The first-order valence-corrected chi connectivity index (χ1v) is 8.47. The number of nitrogens with one attached hydrogen (secondary N) is 1. The van der Waals surface area contributed by atoms with Gasteiger partial charge in [-0.1, -0.05) is 32.8 Å². The molecule has 0 radical (unpaired) electrons. The van der Waals surface area contributed by atoms with E-state index in [9.17, 15) is 4.79 Å². The van der Waals surface area contributed by atoms with E-state index in [1.165, 1.54) is 32.1 Å². The number of carbonyl (C=O) groups excluding carboxylic acids is 1. The van der Waals surface area contributed by atoms with E-state index in [1.54, 1.807) is 11.3 Å². The van der Waals surface area contributed by atoms with Gasteiger partial charge in [0.15, 0.2) is 0 Å². The molecule has 0 spiro atoms. The lowest BCUT2D eigenvalue weighted by Crippen LogP contribution is -2.41. The summed E-state index contributed by atoms with van der Waals surface area (Å²) >= 11 is 1.54. The second-order valence-corrected chi connectivity index (χ2v) is 7.50.